The summed E-state index contributed by atoms with van der Waals surface area (Å²) in [6.45, 7) is 4.80. The monoisotopic (exact) mass is 237 g/mol. The predicted octanol–water partition coefficient (Wildman–Crippen LogP) is 1.34. The Morgan fingerprint density at radius 2 is 2.47 bits per heavy atom. The van der Waals surface area contributed by atoms with Crippen molar-refractivity contribution < 1.29 is 9.90 Å². The molecule has 0 amide bonds. The highest BCUT2D eigenvalue weighted by molar-refractivity contribution is 5.67. The molecule has 0 radical (unpaired) electrons. The number of aliphatic carboxylic acids is 1. The first kappa shape index (κ1) is 12.1. The molecule has 94 valence electrons. The van der Waals surface area contributed by atoms with E-state index < -0.39 is 5.97 Å². The van der Waals surface area contributed by atoms with Crippen LogP contribution in [-0.2, 0) is 17.9 Å². The summed E-state index contributed by atoms with van der Waals surface area (Å²) >= 11 is 0. The summed E-state index contributed by atoms with van der Waals surface area (Å²) in [5.41, 5.74) is 1.17. The lowest BCUT2D eigenvalue weighted by Gasteiger charge is -2.23. The Labute approximate surface area is 101 Å². The van der Waals surface area contributed by atoms with Gasteiger partial charge in [-0.3, -0.25) is 9.69 Å². The van der Waals surface area contributed by atoms with Crippen molar-refractivity contribution in [3.05, 3.63) is 18.2 Å². The van der Waals surface area contributed by atoms with Crippen LogP contribution in [0.4, 0.5) is 0 Å². The van der Waals surface area contributed by atoms with E-state index in [1.165, 1.54) is 5.69 Å². The van der Waals surface area contributed by atoms with Crippen LogP contribution in [0.3, 0.4) is 0 Å². The smallest absolute Gasteiger partial charge is 0.304 e. The molecule has 2 heterocycles. The van der Waals surface area contributed by atoms with Crippen molar-refractivity contribution in [1.29, 1.82) is 0 Å². The zero-order chi connectivity index (χ0) is 12.3. The molecule has 1 atom stereocenters. The minimum absolute atomic E-state index is 0.188. The lowest BCUT2D eigenvalue weighted by Crippen LogP contribution is -2.31. The molecule has 0 aliphatic carbocycles. The van der Waals surface area contributed by atoms with E-state index in [9.17, 15) is 4.79 Å². The first-order chi connectivity index (χ1) is 8.20. The van der Waals surface area contributed by atoms with E-state index in [0.29, 0.717) is 0 Å². The summed E-state index contributed by atoms with van der Waals surface area (Å²) in [6, 6.07) is 0.188. The van der Waals surface area contributed by atoms with Gasteiger partial charge < -0.3 is 9.67 Å². The van der Waals surface area contributed by atoms with E-state index >= 15 is 0 Å². The molecule has 1 aliphatic heterocycles. The topological polar surface area (TPSA) is 58.4 Å². The van der Waals surface area contributed by atoms with E-state index in [-0.39, 0.29) is 12.5 Å². The number of rotatable bonds is 5. The third-order valence-electron chi connectivity index (χ3n) is 3.41. The standard InChI is InChI=1S/C12H19N3O2/c1-2-14-9-13-7-11(14)8-15-5-3-4-10(15)6-12(16)17/h7,9-10H,2-6,8H2,1H3,(H,16,17). The fraction of sp³-hybridized carbons (Fsp3) is 0.667. The van der Waals surface area contributed by atoms with Gasteiger partial charge >= 0.3 is 5.97 Å². The number of imidazole rings is 1. The number of carboxylic acids is 1. The molecule has 0 spiro atoms. The Balaban J connectivity index is 2.00. The third kappa shape index (κ3) is 2.85. The van der Waals surface area contributed by atoms with E-state index in [0.717, 1.165) is 32.5 Å². The van der Waals surface area contributed by atoms with Crippen molar-refractivity contribution in [2.45, 2.75) is 45.3 Å². The SMILES string of the molecule is CCn1cncc1CN1CCCC1CC(=O)O. The first-order valence-electron chi connectivity index (χ1n) is 6.15. The molecule has 1 N–H and O–H groups in total. The van der Waals surface area contributed by atoms with Crippen LogP contribution >= 0.6 is 0 Å². The molecule has 0 bridgehead atoms. The van der Waals surface area contributed by atoms with Gasteiger partial charge in [-0.25, -0.2) is 4.98 Å². The van der Waals surface area contributed by atoms with Gasteiger partial charge in [0.2, 0.25) is 0 Å². The molecule has 0 aromatic carbocycles. The van der Waals surface area contributed by atoms with E-state index in [1.54, 1.807) is 0 Å². The number of aromatic nitrogens is 2. The highest BCUT2D eigenvalue weighted by Crippen LogP contribution is 2.22. The summed E-state index contributed by atoms with van der Waals surface area (Å²) in [7, 11) is 0. The maximum Gasteiger partial charge on any atom is 0.304 e. The fourth-order valence-corrected chi connectivity index (χ4v) is 2.51. The molecular formula is C12H19N3O2. The molecule has 1 aromatic heterocycles. The molecule has 1 unspecified atom stereocenters. The fourth-order valence-electron chi connectivity index (χ4n) is 2.51. The second kappa shape index (κ2) is 5.31. The molecule has 1 saturated heterocycles. The molecule has 5 heteroatoms. The maximum absolute atomic E-state index is 10.8. The number of hydrogen-bond donors (Lipinski definition) is 1. The zero-order valence-electron chi connectivity index (χ0n) is 10.2. The number of carboxylic acid groups (broad SMARTS) is 1. The quantitative estimate of drug-likeness (QED) is 0.839. The number of likely N-dealkylation sites (tertiary alicyclic amines) is 1. The van der Waals surface area contributed by atoms with Gasteiger partial charge in [-0.05, 0) is 26.3 Å². The van der Waals surface area contributed by atoms with Crippen LogP contribution in [0.25, 0.3) is 0 Å². The molecule has 1 aromatic rings. The molecular weight excluding hydrogens is 218 g/mol. The third-order valence-corrected chi connectivity index (χ3v) is 3.41. The van der Waals surface area contributed by atoms with Crippen molar-refractivity contribution in [3.63, 3.8) is 0 Å². The van der Waals surface area contributed by atoms with Gasteiger partial charge in [0, 0.05) is 25.3 Å². The number of carbonyl (C=O) groups is 1. The summed E-state index contributed by atoms with van der Waals surface area (Å²) in [6.07, 6.45) is 6.04. The van der Waals surface area contributed by atoms with Crippen molar-refractivity contribution in [2.24, 2.45) is 0 Å². The minimum Gasteiger partial charge on any atom is -0.481 e. The van der Waals surface area contributed by atoms with Crippen LogP contribution in [0.2, 0.25) is 0 Å². The minimum atomic E-state index is -0.703. The lowest BCUT2D eigenvalue weighted by molar-refractivity contribution is -0.138. The lowest BCUT2D eigenvalue weighted by atomic mass is 10.1. The van der Waals surface area contributed by atoms with Gasteiger partial charge in [0.1, 0.15) is 0 Å². The molecule has 5 nitrogen and oxygen atoms in total. The average Bonchev–Trinajstić information content (AvgIpc) is 2.88. The second-order valence-electron chi connectivity index (χ2n) is 4.54. The van der Waals surface area contributed by atoms with Gasteiger partial charge in [-0.1, -0.05) is 0 Å². The van der Waals surface area contributed by atoms with E-state index in [2.05, 4.69) is 21.4 Å². The van der Waals surface area contributed by atoms with Crippen LogP contribution in [0.1, 0.15) is 31.9 Å². The van der Waals surface area contributed by atoms with Gasteiger partial charge in [-0.2, -0.15) is 0 Å². The highest BCUT2D eigenvalue weighted by atomic mass is 16.4. The number of nitrogens with zero attached hydrogens (tertiary/aromatic N) is 3. The zero-order valence-corrected chi connectivity index (χ0v) is 10.2. The number of hydrogen-bond acceptors (Lipinski definition) is 3. The van der Waals surface area contributed by atoms with Crippen LogP contribution in [0, 0.1) is 0 Å². The van der Waals surface area contributed by atoms with E-state index in [4.69, 9.17) is 5.11 Å². The normalized spacial score (nSPS) is 20.9. The largest absolute Gasteiger partial charge is 0.481 e. The van der Waals surface area contributed by atoms with Crippen LogP contribution < -0.4 is 0 Å². The molecule has 17 heavy (non-hydrogen) atoms. The predicted molar refractivity (Wildman–Crippen MR) is 63.6 cm³/mol. The van der Waals surface area contributed by atoms with E-state index in [1.807, 2.05) is 12.5 Å². The van der Waals surface area contributed by atoms with Crippen LogP contribution in [0.15, 0.2) is 12.5 Å². The van der Waals surface area contributed by atoms with Crippen molar-refractivity contribution >= 4 is 5.97 Å². The first-order valence-corrected chi connectivity index (χ1v) is 6.15. The molecule has 0 saturated carbocycles. The van der Waals surface area contributed by atoms with Gasteiger partial charge in [0.15, 0.2) is 0 Å². The Morgan fingerprint density at radius 1 is 1.65 bits per heavy atom. The van der Waals surface area contributed by atoms with Gasteiger partial charge in [0.05, 0.1) is 18.4 Å². The molecule has 2 rings (SSSR count). The van der Waals surface area contributed by atoms with Gasteiger partial charge in [-0.15, -0.1) is 0 Å². The molecule has 1 fully saturated rings. The number of aryl methyl sites for hydroxylation is 1. The van der Waals surface area contributed by atoms with Crippen molar-refractivity contribution in [2.75, 3.05) is 6.54 Å². The Bertz CT molecular complexity index is 389. The van der Waals surface area contributed by atoms with Crippen molar-refractivity contribution in [1.82, 2.24) is 14.5 Å². The Hall–Kier alpha value is -1.36. The van der Waals surface area contributed by atoms with Crippen molar-refractivity contribution in [3.8, 4) is 0 Å². The second-order valence-corrected chi connectivity index (χ2v) is 4.54. The summed E-state index contributed by atoms with van der Waals surface area (Å²) in [4.78, 5) is 17.2. The van der Waals surface area contributed by atoms with Gasteiger partial charge in [0.25, 0.3) is 0 Å². The molecule has 1 aliphatic rings. The van der Waals surface area contributed by atoms with Crippen LogP contribution in [0.5, 0.6) is 0 Å². The highest BCUT2D eigenvalue weighted by Gasteiger charge is 2.27. The summed E-state index contributed by atoms with van der Waals surface area (Å²) in [5, 5.41) is 8.87. The Kier molecular flexibility index (Phi) is 3.78. The van der Waals surface area contributed by atoms with Crippen LogP contribution in [-0.4, -0.2) is 38.1 Å². The summed E-state index contributed by atoms with van der Waals surface area (Å²) < 4.78 is 2.11. The summed E-state index contributed by atoms with van der Waals surface area (Å²) in [5.74, 6) is -0.703. The average molecular weight is 237 g/mol. The Morgan fingerprint density at radius 3 is 3.18 bits per heavy atom. The maximum atomic E-state index is 10.8.